The van der Waals surface area contributed by atoms with Crippen molar-refractivity contribution in [2.24, 2.45) is 5.41 Å². The molecule has 3 N–H and O–H groups in total. The summed E-state index contributed by atoms with van der Waals surface area (Å²) in [5.41, 5.74) is 5.16. The number of halogens is 2. The number of fused-ring (bicyclic) bond motifs is 2. The Hall–Kier alpha value is -5.79. The number of sulfonamides is 1. The predicted molar refractivity (Wildman–Crippen MR) is 251 cm³/mol. The lowest BCUT2D eigenvalue weighted by atomic mass is 9.72. The van der Waals surface area contributed by atoms with Crippen LogP contribution >= 0.6 is 11.6 Å². The van der Waals surface area contributed by atoms with Gasteiger partial charge in [-0.2, -0.15) is 4.98 Å². The molecule has 9 rings (SSSR count). The van der Waals surface area contributed by atoms with E-state index in [4.69, 9.17) is 30.8 Å². The van der Waals surface area contributed by atoms with Gasteiger partial charge in [-0.1, -0.05) is 37.1 Å². The van der Waals surface area contributed by atoms with E-state index in [-0.39, 0.29) is 35.1 Å². The Labute approximate surface area is 387 Å². The number of rotatable bonds is 12. The fourth-order valence-corrected chi connectivity index (χ4v) is 10.3. The highest BCUT2D eigenvalue weighted by atomic mass is 35.5. The highest BCUT2D eigenvalue weighted by molar-refractivity contribution is 7.90. The molecule has 348 valence electrons. The molecule has 0 radical (unpaired) electrons. The first kappa shape index (κ1) is 45.4. The summed E-state index contributed by atoms with van der Waals surface area (Å²) in [6, 6.07) is 17.5. The van der Waals surface area contributed by atoms with Gasteiger partial charge in [0.1, 0.15) is 22.8 Å². The summed E-state index contributed by atoms with van der Waals surface area (Å²) in [7, 11) is -4.62. The first-order valence-corrected chi connectivity index (χ1v) is 24.0. The second-order valence-electron chi connectivity index (χ2n) is 17.9. The fraction of sp³-hybridized carbons (Fsp3) is 0.404. The zero-order valence-electron chi connectivity index (χ0n) is 36.8. The van der Waals surface area contributed by atoms with E-state index in [1.165, 1.54) is 23.8 Å². The molecule has 2 saturated heterocycles. The minimum Gasteiger partial charge on any atom is -0.476 e. The van der Waals surface area contributed by atoms with E-state index < -0.39 is 31.4 Å². The molecular weight excluding hydrogens is 891 g/mol. The normalized spacial score (nSPS) is 19.2. The van der Waals surface area contributed by atoms with Gasteiger partial charge in [-0.25, -0.2) is 17.5 Å². The summed E-state index contributed by atoms with van der Waals surface area (Å²) in [5, 5.41) is 16.3. The third kappa shape index (κ3) is 9.83. The Morgan fingerprint density at radius 3 is 2.62 bits per heavy atom. The van der Waals surface area contributed by atoms with Crippen LogP contribution in [0.5, 0.6) is 5.88 Å². The van der Waals surface area contributed by atoms with E-state index >= 15 is 4.39 Å². The summed E-state index contributed by atoms with van der Waals surface area (Å²) in [6.45, 7) is 10.1. The molecule has 2 fully saturated rings. The van der Waals surface area contributed by atoms with Crippen LogP contribution in [0.25, 0.3) is 16.6 Å². The van der Waals surface area contributed by atoms with Crippen molar-refractivity contribution >= 4 is 72.6 Å². The molecule has 0 bridgehead atoms. The minimum atomic E-state index is -4.62. The molecule has 1 aliphatic carbocycles. The molecule has 0 spiro atoms. The van der Waals surface area contributed by atoms with E-state index in [0.717, 1.165) is 61.6 Å². The summed E-state index contributed by atoms with van der Waals surface area (Å²) < 4.78 is 62.5. The second-order valence-corrected chi connectivity index (χ2v) is 20.0. The molecule has 16 nitrogen and oxygen atoms in total. The Morgan fingerprint density at radius 1 is 1.02 bits per heavy atom. The number of nitrogens with zero attached hydrogens (tertiary/aromatic N) is 5. The van der Waals surface area contributed by atoms with Crippen molar-refractivity contribution < 1.29 is 36.7 Å². The lowest BCUT2D eigenvalue weighted by Crippen LogP contribution is -2.47. The highest BCUT2D eigenvalue weighted by Crippen LogP contribution is 2.45. The predicted octanol–water partition coefficient (Wildman–Crippen LogP) is 7.92. The number of amides is 1. The standard InChI is InChI=1S/C47H52ClFN8O8S/c1-47(2)12-10-31(38(26-47)36-7-4-32(48)23-39(36)49)28-54-15-17-55(18-16-54)33-5-8-37(41(24-33)56-14-3-19-65-46-43(56)22-30-11-13-50-44(30)52-46)45(58)53-66(61,62)35-6-9-40(42(25-35)57(59)60)51-27-34-29-63-20-21-64-34/h4-9,11,13,22-25,34,51H,3,10,12,14-21,26-29H2,1-2H3,(H,50,52)(H,53,58). The number of carbonyl (C=O) groups is 1. The smallest absolute Gasteiger partial charge is 0.293 e. The first-order chi connectivity index (χ1) is 31.7. The Morgan fingerprint density at radius 2 is 1.85 bits per heavy atom. The summed E-state index contributed by atoms with van der Waals surface area (Å²) in [5.74, 6) is -0.861. The van der Waals surface area contributed by atoms with Crippen LogP contribution in [0.15, 0.2) is 83.4 Å². The van der Waals surface area contributed by atoms with Crippen LogP contribution in [0, 0.1) is 21.3 Å². The van der Waals surface area contributed by atoms with E-state index in [9.17, 15) is 23.3 Å². The number of allylic oxidation sites excluding steroid dienone is 1. The number of pyridine rings is 1. The quantitative estimate of drug-likeness (QED) is 0.0811. The molecule has 3 aromatic carbocycles. The van der Waals surface area contributed by atoms with Crippen LogP contribution in [0.1, 0.15) is 55.5 Å². The number of aromatic amines is 1. The number of hydrogen-bond acceptors (Lipinski definition) is 13. The van der Waals surface area contributed by atoms with Crippen molar-refractivity contribution in [1.82, 2.24) is 19.6 Å². The highest BCUT2D eigenvalue weighted by Gasteiger charge is 2.33. The number of H-pyrrole nitrogens is 1. The molecule has 19 heteroatoms. The average Bonchev–Trinajstić information content (AvgIpc) is 3.66. The fourth-order valence-electron chi connectivity index (χ4n) is 9.20. The van der Waals surface area contributed by atoms with E-state index in [2.05, 4.69) is 38.7 Å². The van der Waals surface area contributed by atoms with Crippen molar-refractivity contribution in [3.8, 4) is 5.88 Å². The van der Waals surface area contributed by atoms with E-state index in [1.54, 1.807) is 24.4 Å². The summed E-state index contributed by atoms with van der Waals surface area (Å²) in [4.78, 5) is 39.8. The van der Waals surface area contributed by atoms with E-state index in [1.807, 2.05) is 29.2 Å². The largest absolute Gasteiger partial charge is 0.476 e. The number of nitro benzene ring substituents is 1. The lowest BCUT2D eigenvalue weighted by Gasteiger charge is -2.39. The molecule has 3 aliphatic heterocycles. The Bertz CT molecular complexity index is 2810. The van der Waals surface area contributed by atoms with Crippen LogP contribution in [-0.2, 0) is 19.5 Å². The number of nitrogens with one attached hydrogen (secondary N) is 3. The summed E-state index contributed by atoms with van der Waals surface area (Å²) in [6.07, 6.45) is 4.68. The number of nitro groups is 1. The van der Waals surface area contributed by atoms with Crippen LogP contribution in [0.4, 0.5) is 32.8 Å². The van der Waals surface area contributed by atoms with Crippen molar-refractivity contribution in [1.29, 1.82) is 0 Å². The van der Waals surface area contributed by atoms with Gasteiger partial charge < -0.3 is 34.3 Å². The number of benzene rings is 3. The van der Waals surface area contributed by atoms with Crippen LogP contribution in [0.3, 0.4) is 0 Å². The summed E-state index contributed by atoms with van der Waals surface area (Å²) >= 11 is 6.13. The van der Waals surface area contributed by atoms with Gasteiger partial charge in [0.15, 0.2) is 0 Å². The molecule has 1 unspecified atom stereocenters. The van der Waals surface area contributed by atoms with Crippen molar-refractivity contribution in [2.75, 3.05) is 87.4 Å². The maximum Gasteiger partial charge on any atom is 0.293 e. The van der Waals surface area contributed by atoms with Gasteiger partial charge in [0.05, 0.1) is 53.6 Å². The monoisotopic (exact) mass is 942 g/mol. The Kier molecular flexibility index (Phi) is 12.9. The van der Waals surface area contributed by atoms with Crippen molar-refractivity contribution in [2.45, 2.75) is 50.5 Å². The zero-order chi connectivity index (χ0) is 46.2. The maximum atomic E-state index is 15.3. The average molecular weight is 943 g/mol. The molecule has 5 heterocycles. The number of hydrogen-bond donors (Lipinski definition) is 3. The van der Waals surface area contributed by atoms with Crippen LogP contribution in [-0.4, -0.2) is 112 Å². The zero-order valence-corrected chi connectivity index (χ0v) is 38.4. The third-order valence-corrected chi connectivity index (χ3v) is 14.3. The first-order valence-electron chi connectivity index (χ1n) is 22.2. The molecular formula is C47H52ClFN8O8S. The molecule has 2 aromatic heterocycles. The van der Waals surface area contributed by atoms with Gasteiger partial charge in [0, 0.05) is 79.7 Å². The molecule has 0 saturated carbocycles. The van der Waals surface area contributed by atoms with E-state index in [0.29, 0.717) is 86.0 Å². The lowest BCUT2D eigenvalue weighted by molar-refractivity contribution is -0.384. The topological polar surface area (TPSA) is 185 Å². The number of anilines is 4. The van der Waals surface area contributed by atoms with Crippen LogP contribution in [0.2, 0.25) is 5.02 Å². The van der Waals surface area contributed by atoms with Gasteiger partial charge >= 0.3 is 0 Å². The molecule has 4 aliphatic rings. The SMILES string of the molecule is CC1(C)CCC(CN2CCN(c3ccc(C(=O)NS(=O)(=O)c4ccc(NCC5COCCO5)c([N+](=O)[O-])c4)c(N4CCCOc5nc6[nH]ccc6cc54)c3)CC2)=C(c2ccc(Cl)cc2F)C1. The number of aromatic nitrogens is 2. The van der Waals surface area contributed by atoms with Crippen molar-refractivity contribution in [3.63, 3.8) is 0 Å². The van der Waals surface area contributed by atoms with Gasteiger partial charge in [-0.05, 0) is 91.3 Å². The molecule has 5 aromatic rings. The Balaban J connectivity index is 0.989. The number of piperazine rings is 1. The second kappa shape index (κ2) is 18.8. The molecule has 1 amide bonds. The third-order valence-electron chi connectivity index (χ3n) is 12.8. The number of carbonyl (C=O) groups excluding carboxylic acids is 1. The maximum absolute atomic E-state index is 15.3. The molecule has 1 atom stereocenters. The minimum absolute atomic E-state index is 0.0447. The van der Waals surface area contributed by atoms with Crippen LogP contribution < -0.4 is 24.6 Å². The van der Waals surface area contributed by atoms with Gasteiger partial charge in [0.2, 0.25) is 5.88 Å². The van der Waals surface area contributed by atoms with Gasteiger partial charge in [-0.3, -0.25) is 19.8 Å². The molecule has 66 heavy (non-hydrogen) atoms. The van der Waals surface area contributed by atoms with Gasteiger partial charge in [0.25, 0.3) is 21.6 Å². The van der Waals surface area contributed by atoms with Gasteiger partial charge in [-0.15, -0.1) is 0 Å². The van der Waals surface area contributed by atoms with Crippen molar-refractivity contribution in [3.05, 3.63) is 111 Å². The number of ether oxygens (including phenoxy) is 3.